The SMILES string of the molecule is CCOOB(OOCC)OOCC.[Li]. The van der Waals surface area contributed by atoms with Gasteiger partial charge in [-0.15, -0.1) is 0 Å². The largest absolute Gasteiger partial charge is 0.725 e. The Kier molecular flexibility index (Phi) is 16.1. The van der Waals surface area contributed by atoms with Crippen molar-refractivity contribution in [1.82, 2.24) is 0 Å². The third-order valence-electron chi connectivity index (χ3n) is 0.793. The summed E-state index contributed by atoms with van der Waals surface area (Å²) < 4.78 is 0. The molecule has 0 fully saturated rings. The number of hydrogen-bond acceptors (Lipinski definition) is 6. The Hall–Kier alpha value is 0.422. The summed E-state index contributed by atoms with van der Waals surface area (Å²) in [5.74, 6) is 0. The van der Waals surface area contributed by atoms with Crippen LogP contribution in [0, 0.1) is 0 Å². The molecule has 0 atom stereocenters. The molecule has 0 rings (SSSR count). The molecule has 0 saturated carbocycles. The molecule has 79 valence electrons. The number of rotatable bonds is 9. The molecule has 0 aliphatic carbocycles. The summed E-state index contributed by atoms with van der Waals surface area (Å²) in [6.07, 6.45) is 0. The van der Waals surface area contributed by atoms with Gasteiger partial charge < -0.3 is 0 Å². The second kappa shape index (κ2) is 13.4. The van der Waals surface area contributed by atoms with Crippen LogP contribution in [0.25, 0.3) is 0 Å². The van der Waals surface area contributed by atoms with Crippen molar-refractivity contribution in [2.24, 2.45) is 0 Å². The first-order chi connectivity index (χ1) is 6.35. The molecule has 8 heteroatoms. The smallest absolute Gasteiger partial charge is 0.248 e. The van der Waals surface area contributed by atoms with Gasteiger partial charge >= 0.3 is 7.32 Å². The molecular weight excluding hydrogens is 186 g/mol. The topological polar surface area (TPSA) is 55.4 Å². The fourth-order valence-electron chi connectivity index (χ4n) is 0.419. The summed E-state index contributed by atoms with van der Waals surface area (Å²) >= 11 is 0. The molecule has 0 aromatic rings. The van der Waals surface area contributed by atoms with Gasteiger partial charge in [-0.1, -0.05) is 0 Å². The Morgan fingerprint density at radius 1 is 0.714 bits per heavy atom. The van der Waals surface area contributed by atoms with Crippen LogP contribution < -0.4 is 0 Å². The van der Waals surface area contributed by atoms with Crippen molar-refractivity contribution in [2.45, 2.75) is 20.8 Å². The van der Waals surface area contributed by atoms with Crippen LogP contribution >= 0.6 is 0 Å². The van der Waals surface area contributed by atoms with E-state index < -0.39 is 7.32 Å². The van der Waals surface area contributed by atoms with Crippen LogP contribution in [0.2, 0.25) is 0 Å². The Morgan fingerprint density at radius 2 is 1.00 bits per heavy atom. The minimum absolute atomic E-state index is 0. The molecule has 0 spiro atoms. The summed E-state index contributed by atoms with van der Waals surface area (Å²) in [7, 11) is -1.13. The molecule has 0 amide bonds. The van der Waals surface area contributed by atoms with Crippen LogP contribution in [-0.4, -0.2) is 46.0 Å². The van der Waals surface area contributed by atoms with Crippen LogP contribution in [0.5, 0.6) is 0 Å². The molecule has 0 saturated heterocycles. The molecule has 0 aliphatic rings. The maximum Gasteiger partial charge on any atom is 0.725 e. The molecule has 0 aliphatic heterocycles. The first-order valence-electron chi connectivity index (χ1n) is 4.19. The summed E-state index contributed by atoms with van der Waals surface area (Å²) in [5, 5.41) is 0. The Morgan fingerprint density at radius 3 is 1.21 bits per heavy atom. The predicted molar refractivity (Wildman–Crippen MR) is 49.6 cm³/mol. The zero-order chi connectivity index (χ0) is 9.94. The van der Waals surface area contributed by atoms with Crippen molar-refractivity contribution in [3.05, 3.63) is 0 Å². The van der Waals surface area contributed by atoms with Crippen molar-refractivity contribution in [1.29, 1.82) is 0 Å². The second-order valence-corrected chi connectivity index (χ2v) is 1.80. The monoisotopic (exact) mass is 201 g/mol. The van der Waals surface area contributed by atoms with E-state index in [1.807, 2.05) is 0 Å². The predicted octanol–water partition coefficient (Wildman–Crippen LogP) is 0.495. The fraction of sp³-hybridized carbons (Fsp3) is 1.00. The van der Waals surface area contributed by atoms with Crippen molar-refractivity contribution < 1.29 is 29.1 Å². The van der Waals surface area contributed by atoms with Crippen LogP contribution in [0.1, 0.15) is 20.8 Å². The van der Waals surface area contributed by atoms with Gasteiger partial charge in [-0.05, 0) is 20.8 Å². The second-order valence-electron chi connectivity index (χ2n) is 1.80. The zero-order valence-electron chi connectivity index (χ0n) is 9.15. The van der Waals surface area contributed by atoms with Crippen LogP contribution in [0.15, 0.2) is 0 Å². The average molecular weight is 201 g/mol. The van der Waals surface area contributed by atoms with E-state index in [9.17, 15) is 0 Å². The van der Waals surface area contributed by atoms with Gasteiger partial charge in [0.2, 0.25) is 0 Å². The van der Waals surface area contributed by atoms with Crippen LogP contribution in [-0.2, 0) is 29.1 Å². The Balaban J connectivity index is 0. The molecule has 0 aromatic carbocycles. The van der Waals surface area contributed by atoms with E-state index >= 15 is 0 Å². The standard InChI is InChI=1S/C6H15BO6.Li/c1-4-8-11-7(12-9-5-2)13-10-6-3;/h4-6H2,1-3H3;. The van der Waals surface area contributed by atoms with Gasteiger partial charge in [0.25, 0.3) is 0 Å². The van der Waals surface area contributed by atoms with Crippen molar-refractivity contribution in [3.8, 4) is 0 Å². The summed E-state index contributed by atoms with van der Waals surface area (Å²) in [6, 6.07) is 0. The van der Waals surface area contributed by atoms with E-state index in [1.165, 1.54) is 0 Å². The average Bonchev–Trinajstić information content (AvgIpc) is 2.17. The minimum atomic E-state index is -1.13. The zero-order valence-corrected chi connectivity index (χ0v) is 9.15. The van der Waals surface area contributed by atoms with E-state index in [1.54, 1.807) is 20.8 Å². The van der Waals surface area contributed by atoms with Crippen molar-refractivity contribution in [2.75, 3.05) is 19.8 Å². The Labute approximate surface area is 96.3 Å². The van der Waals surface area contributed by atoms with Gasteiger partial charge in [-0.2, -0.15) is 0 Å². The van der Waals surface area contributed by atoms with E-state index in [0.717, 1.165) is 0 Å². The molecule has 0 bridgehead atoms. The van der Waals surface area contributed by atoms with Crippen molar-refractivity contribution in [3.63, 3.8) is 0 Å². The maximum atomic E-state index is 4.60. The van der Waals surface area contributed by atoms with Gasteiger partial charge in [0.15, 0.2) is 0 Å². The van der Waals surface area contributed by atoms with E-state index in [0.29, 0.717) is 19.8 Å². The van der Waals surface area contributed by atoms with Crippen LogP contribution in [0.4, 0.5) is 0 Å². The van der Waals surface area contributed by atoms with Gasteiger partial charge in [0, 0.05) is 18.9 Å². The van der Waals surface area contributed by atoms with Gasteiger partial charge in [-0.25, -0.2) is 29.1 Å². The number of hydrogen-bond donors (Lipinski definition) is 0. The third-order valence-corrected chi connectivity index (χ3v) is 0.793. The molecular formula is C6H15BLiO6. The minimum Gasteiger partial charge on any atom is -0.248 e. The third kappa shape index (κ3) is 10.5. The maximum absolute atomic E-state index is 4.60. The van der Waals surface area contributed by atoms with Gasteiger partial charge in [-0.3, -0.25) is 0 Å². The quantitative estimate of drug-likeness (QED) is 0.307. The van der Waals surface area contributed by atoms with E-state index in [-0.39, 0.29) is 18.9 Å². The van der Waals surface area contributed by atoms with Crippen molar-refractivity contribution >= 4 is 26.2 Å². The Bertz CT molecular complexity index is 89.3. The molecule has 0 heterocycles. The first-order valence-corrected chi connectivity index (χ1v) is 4.19. The molecule has 14 heavy (non-hydrogen) atoms. The fourth-order valence-corrected chi connectivity index (χ4v) is 0.419. The normalized spacial score (nSPS) is 9.64. The first kappa shape index (κ1) is 16.8. The van der Waals surface area contributed by atoms with Gasteiger partial charge in [0.05, 0.1) is 19.8 Å². The molecule has 1 radical (unpaired) electrons. The summed E-state index contributed by atoms with van der Waals surface area (Å²) in [6.45, 7) is 6.42. The van der Waals surface area contributed by atoms with Gasteiger partial charge in [0.1, 0.15) is 0 Å². The molecule has 6 nitrogen and oxygen atoms in total. The summed E-state index contributed by atoms with van der Waals surface area (Å²) in [4.78, 5) is 27.5. The molecule has 0 unspecified atom stereocenters. The van der Waals surface area contributed by atoms with E-state index in [2.05, 4.69) is 29.1 Å². The van der Waals surface area contributed by atoms with Crippen LogP contribution in [0.3, 0.4) is 0 Å². The van der Waals surface area contributed by atoms with E-state index in [4.69, 9.17) is 0 Å². The molecule has 0 aromatic heterocycles. The summed E-state index contributed by atoms with van der Waals surface area (Å²) in [5.41, 5.74) is 0. The molecule has 0 N–H and O–H groups in total.